The number of carbonyl (C=O) groups is 1. The molecule has 0 atom stereocenters. The van der Waals surface area contributed by atoms with Crippen LogP contribution in [0.3, 0.4) is 0 Å². The summed E-state index contributed by atoms with van der Waals surface area (Å²) < 4.78 is 31.1. The monoisotopic (exact) mass is 437 g/mol. The van der Waals surface area contributed by atoms with Gasteiger partial charge < -0.3 is 10.1 Å². The number of sulfone groups is 1. The molecule has 1 amide bonds. The molecule has 0 heterocycles. The zero-order valence-corrected chi connectivity index (χ0v) is 18.6. The summed E-state index contributed by atoms with van der Waals surface area (Å²) in [6.45, 7) is 4.41. The minimum absolute atomic E-state index is 0.0574. The molecule has 0 bridgehead atoms. The number of nitrogens with one attached hydrogen (secondary N) is 1. The molecule has 3 aromatic rings. The Kier molecular flexibility index (Phi) is 7.60. The average Bonchev–Trinajstić information content (AvgIpc) is 2.79. The topological polar surface area (TPSA) is 72.5 Å². The minimum Gasteiger partial charge on any atom is -0.372 e. The molecule has 0 radical (unpaired) electrons. The summed E-state index contributed by atoms with van der Waals surface area (Å²) in [5.41, 5.74) is 3.15. The quantitative estimate of drug-likeness (QED) is 0.534. The van der Waals surface area contributed by atoms with E-state index in [1.165, 1.54) is 6.07 Å². The van der Waals surface area contributed by atoms with Gasteiger partial charge in [-0.25, -0.2) is 8.42 Å². The Morgan fingerprint density at radius 1 is 0.839 bits per heavy atom. The van der Waals surface area contributed by atoms with Crippen LogP contribution in [0.5, 0.6) is 0 Å². The van der Waals surface area contributed by atoms with E-state index in [-0.39, 0.29) is 17.0 Å². The fraction of sp³-hybridized carbons (Fsp3) is 0.240. The number of hydrogen-bond donors (Lipinski definition) is 1. The third-order valence-corrected chi connectivity index (χ3v) is 7.20. The SMILES string of the molecule is CC(C)S(=O)(=O)c1ccccc1C(=O)NCc1ccccc1COCc1ccccc1. The van der Waals surface area contributed by atoms with E-state index in [0.717, 1.165) is 16.7 Å². The van der Waals surface area contributed by atoms with Gasteiger partial charge in [0.2, 0.25) is 0 Å². The van der Waals surface area contributed by atoms with Crippen LogP contribution in [0.2, 0.25) is 0 Å². The van der Waals surface area contributed by atoms with Gasteiger partial charge in [-0.2, -0.15) is 0 Å². The molecule has 0 aliphatic rings. The second-order valence-electron chi connectivity index (χ2n) is 7.52. The lowest BCUT2D eigenvalue weighted by molar-refractivity contribution is 0.0944. The van der Waals surface area contributed by atoms with E-state index < -0.39 is 21.0 Å². The van der Waals surface area contributed by atoms with E-state index in [1.807, 2.05) is 54.6 Å². The summed E-state index contributed by atoms with van der Waals surface area (Å²) in [5, 5.41) is 2.25. The van der Waals surface area contributed by atoms with Crippen LogP contribution in [0.4, 0.5) is 0 Å². The van der Waals surface area contributed by atoms with Gasteiger partial charge in [-0.3, -0.25) is 4.79 Å². The van der Waals surface area contributed by atoms with E-state index in [4.69, 9.17) is 4.74 Å². The molecule has 0 aliphatic heterocycles. The van der Waals surface area contributed by atoms with Crippen LogP contribution in [0.15, 0.2) is 83.8 Å². The van der Waals surface area contributed by atoms with Gasteiger partial charge in [0.25, 0.3) is 5.91 Å². The van der Waals surface area contributed by atoms with E-state index in [9.17, 15) is 13.2 Å². The molecule has 6 heteroatoms. The molecule has 0 fully saturated rings. The van der Waals surface area contributed by atoms with Crippen LogP contribution in [0.1, 0.15) is 40.9 Å². The Morgan fingerprint density at radius 3 is 2.16 bits per heavy atom. The molecule has 3 rings (SSSR count). The lowest BCUT2D eigenvalue weighted by atomic mass is 10.1. The van der Waals surface area contributed by atoms with Crippen molar-refractivity contribution in [3.8, 4) is 0 Å². The van der Waals surface area contributed by atoms with Crippen molar-refractivity contribution < 1.29 is 17.9 Å². The van der Waals surface area contributed by atoms with Crippen LogP contribution in [0.25, 0.3) is 0 Å². The lowest BCUT2D eigenvalue weighted by Crippen LogP contribution is -2.26. The molecule has 1 N–H and O–H groups in total. The molecule has 5 nitrogen and oxygen atoms in total. The number of carbonyl (C=O) groups excluding carboxylic acids is 1. The maximum absolute atomic E-state index is 12.8. The Hall–Kier alpha value is -2.96. The summed E-state index contributed by atoms with van der Waals surface area (Å²) in [4.78, 5) is 12.9. The Labute approximate surface area is 184 Å². The first-order chi connectivity index (χ1) is 14.9. The van der Waals surface area contributed by atoms with Crippen LogP contribution in [-0.4, -0.2) is 19.6 Å². The molecule has 0 saturated heterocycles. The van der Waals surface area contributed by atoms with E-state index >= 15 is 0 Å². The standard InChI is InChI=1S/C25H27NO4S/c1-19(2)31(28,29)24-15-9-8-14-23(24)25(27)26-16-21-12-6-7-13-22(21)18-30-17-20-10-4-3-5-11-20/h3-15,19H,16-18H2,1-2H3,(H,26,27). The Balaban J connectivity index is 1.68. The highest BCUT2D eigenvalue weighted by Gasteiger charge is 2.25. The fourth-order valence-corrected chi connectivity index (χ4v) is 4.39. The third kappa shape index (κ3) is 5.81. The van der Waals surface area contributed by atoms with Crippen LogP contribution >= 0.6 is 0 Å². The smallest absolute Gasteiger partial charge is 0.252 e. The molecule has 0 spiro atoms. The number of benzene rings is 3. The predicted molar refractivity (Wildman–Crippen MR) is 121 cm³/mol. The Morgan fingerprint density at radius 2 is 1.45 bits per heavy atom. The van der Waals surface area contributed by atoms with Crippen LogP contribution in [0, 0.1) is 0 Å². The molecule has 162 valence electrons. The van der Waals surface area contributed by atoms with Gasteiger partial charge in [0.05, 0.1) is 28.9 Å². The first-order valence-electron chi connectivity index (χ1n) is 10.2. The van der Waals surface area contributed by atoms with Crippen molar-refractivity contribution in [3.05, 3.63) is 101 Å². The van der Waals surface area contributed by atoms with E-state index in [2.05, 4.69) is 5.32 Å². The van der Waals surface area contributed by atoms with Gasteiger partial charge in [-0.15, -0.1) is 0 Å². The highest BCUT2D eigenvalue weighted by Crippen LogP contribution is 2.21. The minimum atomic E-state index is -3.56. The van der Waals surface area contributed by atoms with Crippen LogP contribution < -0.4 is 5.32 Å². The van der Waals surface area contributed by atoms with Crippen molar-refractivity contribution in [1.29, 1.82) is 0 Å². The van der Waals surface area contributed by atoms with Crippen molar-refractivity contribution in [2.24, 2.45) is 0 Å². The summed E-state index contributed by atoms with van der Waals surface area (Å²) in [7, 11) is -3.56. The number of amides is 1. The number of hydrogen-bond acceptors (Lipinski definition) is 4. The zero-order valence-electron chi connectivity index (χ0n) is 17.7. The summed E-state index contributed by atoms with van der Waals surface area (Å²) in [6, 6.07) is 24.0. The zero-order chi connectivity index (χ0) is 22.3. The van der Waals surface area contributed by atoms with Gasteiger partial charge in [0.1, 0.15) is 0 Å². The molecule has 31 heavy (non-hydrogen) atoms. The Bertz CT molecular complexity index is 1130. The van der Waals surface area contributed by atoms with Gasteiger partial charge >= 0.3 is 0 Å². The van der Waals surface area contributed by atoms with Crippen molar-refractivity contribution >= 4 is 15.7 Å². The van der Waals surface area contributed by atoms with Crippen LogP contribution in [-0.2, 0) is 34.3 Å². The van der Waals surface area contributed by atoms with E-state index in [0.29, 0.717) is 13.2 Å². The van der Waals surface area contributed by atoms with Crippen molar-refractivity contribution in [2.75, 3.05) is 0 Å². The molecule has 0 aromatic heterocycles. The molecular formula is C25H27NO4S. The van der Waals surface area contributed by atoms with Crippen molar-refractivity contribution in [1.82, 2.24) is 5.32 Å². The highest BCUT2D eigenvalue weighted by molar-refractivity contribution is 7.92. The normalized spacial score (nSPS) is 11.5. The highest BCUT2D eigenvalue weighted by atomic mass is 32.2. The third-order valence-electron chi connectivity index (χ3n) is 4.99. The maximum atomic E-state index is 12.8. The molecule has 3 aromatic carbocycles. The predicted octanol–water partition coefficient (Wildman–Crippen LogP) is 4.52. The molecular weight excluding hydrogens is 410 g/mol. The maximum Gasteiger partial charge on any atom is 0.252 e. The van der Waals surface area contributed by atoms with Crippen molar-refractivity contribution in [2.45, 2.75) is 43.8 Å². The average molecular weight is 438 g/mol. The second-order valence-corrected chi connectivity index (χ2v) is 9.99. The first-order valence-corrected chi connectivity index (χ1v) is 11.7. The second kappa shape index (κ2) is 10.4. The van der Waals surface area contributed by atoms with Gasteiger partial charge in [-0.05, 0) is 42.7 Å². The van der Waals surface area contributed by atoms with Gasteiger partial charge in [-0.1, -0.05) is 66.7 Å². The molecule has 0 aliphatic carbocycles. The van der Waals surface area contributed by atoms with Crippen molar-refractivity contribution in [3.63, 3.8) is 0 Å². The van der Waals surface area contributed by atoms with E-state index in [1.54, 1.807) is 32.0 Å². The van der Waals surface area contributed by atoms with Gasteiger partial charge in [0, 0.05) is 6.54 Å². The lowest BCUT2D eigenvalue weighted by Gasteiger charge is -2.14. The fourth-order valence-electron chi connectivity index (χ4n) is 3.15. The first kappa shape index (κ1) is 22.7. The molecule has 0 unspecified atom stereocenters. The molecule has 0 saturated carbocycles. The number of rotatable bonds is 9. The summed E-state index contributed by atoms with van der Waals surface area (Å²) >= 11 is 0. The summed E-state index contributed by atoms with van der Waals surface area (Å²) in [5.74, 6) is -0.417. The number of ether oxygens (including phenoxy) is 1. The summed E-state index contributed by atoms with van der Waals surface area (Å²) in [6.07, 6.45) is 0. The largest absolute Gasteiger partial charge is 0.372 e. The van der Waals surface area contributed by atoms with Gasteiger partial charge in [0.15, 0.2) is 9.84 Å².